The molecule has 0 saturated heterocycles. The molecule has 0 spiro atoms. The molecule has 0 radical (unpaired) electrons. The standard InChI is InChI=1S/C17H18BrNO4/c1-21-10-11-5-4-6-13(7-11)19-17(20)12-8-14(22-2)16(18)15(9-12)23-3/h4-9H,10H2,1-3H3,(H,19,20). The minimum Gasteiger partial charge on any atom is -0.495 e. The van der Waals surface area contributed by atoms with E-state index in [-0.39, 0.29) is 5.91 Å². The summed E-state index contributed by atoms with van der Waals surface area (Å²) in [7, 11) is 4.70. The van der Waals surface area contributed by atoms with E-state index in [4.69, 9.17) is 14.2 Å². The fourth-order valence-corrected chi connectivity index (χ4v) is 2.66. The average molecular weight is 380 g/mol. The third-order valence-electron chi connectivity index (χ3n) is 3.20. The second-order valence-electron chi connectivity index (χ2n) is 4.78. The number of carbonyl (C=O) groups is 1. The molecule has 0 aliphatic carbocycles. The van der Waals surface area contributed by atoms with Crippen LogP contribution in [0.5, 0.6) is 11.5 Å². The van der Waals surface area contributed by atoms with E-state index in [1.165, 1.54) is 14.2 Å². The highest BCUT2D eigenvalue weighted by atomic mass is 79.9. The Balaban J connectivity index is 2.25. The van der Waals surface area contributed by atoms with E-state index in [1.807, 2.05) is 24.3 Å². The Morgan fingerprint density at radius 1 is 1.09 bits per heavy atom. The average Bonchev–Trinajstić information content (AvgIpc) is 2.55. The fraction of sp³-hybridized carbons (Fsp3) is 0.235. The van der Waals surface area contributed by atoms with Crippen molar-refractivity contribution in [1.82, 2.24) is 0 Å². The van der Waals surface area contributed by atoms with Gasteiger partial charge in [0.25, 0.3) is 5.91 Å². The van der Waals surface area contributed by atoms with Crippen LogP contribution in [-0.4, -0.2) is 27.2 Å². The lowest BCUT2D eigenvalue weighted by atomic mass is 10.1. The van der Waals surface area contributed by atoms with Crippen LogP contribution >= 0.6 is 15.9 Å². The highest BCUT2D eigenvalue weighted by Crippen LogP contribution is 2.35. The van der Waals surface area contributed by atoms with Crippen molar-refractivity contribution >= 4 is 27.5 Å². The minimum atomic E-state index is -0.247. The van der Waals surface area contributed by atoms with E-state index >= 15 is 0 Å². The van der Waals surface area contributed by atoms with Crippen LogP contribution in [0.2, 0.25) is 0 Å². The minimum absolute atomic E-state index is 0.247. The Labute approximate surface area is 143 Å². The molecule has 6 heteroatoms. The van der Waals surface area contributed by atoms with Crippen LogP contribution < -0.4 is 14.8 Å². The monoisotopic (exact) mass is 379 g/mol. The fourth-order valence-electron chi connectivity index (χ4n) is 2.11. The Kier molecular flexibility index (Phi) is 6.01. The summed E-state index contributed by atoms with van der Waals surface area (Å²) < 4.78 is 16.3. The zero-order valence-electron chi connectivity index (χ0n) is 13.2. The molecule has 122 valence electrons. The van der Waals surface area contributed by atoms with Gasteiger partial charge < -0.3 is 19.5 Å². The Morgan fingerprint density at radius 2 is 1.74 bits per heavy atom. The van der Waals surface area contributed by atoms with Gasteiger partial charge in [0.15, 0.2) is 0 Å². The van der Waals surface area contributed by atoms with E-state index in [2.05, 4.69) is 21.2 Å². The molecule has 2 aromatic rings. The molecule has 1 N–H and O–H groups in total. The van der Waals surface area contributed by atoms with Crippen molar-refractivity contribution in [3.05, 3.63) is 52.0 Å². The van der Waals surface area contributed by atoms with Gasteiger partial charge in [-0.1, -0.05) is 12.1 Å². The third-order valence-corrected chi connectivity index (χ3v) is 3.99. The maximum Gasteiger partial charge on any atom is 0.255 e. The lowest BCUT2D eigenvalue weighted by molar-refractivity contribution is 0.102. The van der Waals surface area contributed by atoms with E-state index in [0.717, 1.165) is 5.56 Å². The van der Waals surface area contributed by atoms with Crippen LogP contribution in [-0.2, 0) is 11.3 Å². The normalized spacial score (nSPS) is 10.3. The SMILES string of the molecule is COCc1cccc(NC(=O)c2cc(OC)c(Br)c(OC)c2)c1. The summed E-state index contributed by atoms with van der Waals surface area (Å²) in [5, 5.41) is 2.86. The molecule has 0 saturated carbocycles. The Morgan fingerprint density at radius 3 is 2.30 bits per heavy atom. The summed E-state index contributed by atoms with van der Waals surface area (Å²) in [5.41, 5.74) is 2.13. The Hall–Kier alpha value is -2.05. The molecule has 0 heterocycles. The van der Waals surface area contributed by atoms with Crippen molar-refractivity contribution in [2.75, 3.05) is 26.6 Å². The number of ether oxygens (including phenoxy) is 3. The second-order valence-corrected chi connectivity index (χ2v) is 5.58. The first-order valence-electron chi connectivity index (χ1n) is 6.89. The first-order chi connectivity index (χ1) is 11.1. The van der Waals surface area contributed by atoms with Crippen LogP contribution in [0, 0.1) is 0 Å². The molecule has 23 heavy (non-hydrogen) atoms. The van der Waals surface area contributed by atoms with Gasteiger partial charge in [0.2, 0.25) is 0 Å². The number of hydrogen-bond donors (Lipinski definition) is 1. The van der Waals surface area contributed by atoms with E-state index in [1.54, 1.807) is 19.2 Å². The lowest BCUT2D eigenvalue weighted by Gasteiger charge is -2.12. The third kappa shape index (κ3) is 4.24. The number of anilines is 1. The highest BCUT2D eigenvalue weighted by Gasteiger charge is 2.15. The maximum absolute atomic E-state index is 12.5. The second kappa shape index (κ2) is 7.99. The molecule has 2 rings (SSSR count). The van der Waals surface area contributed by atoms with Gasteiger partial charge in [0.05, 0.1) is 20.8 Å². The van der Waals surface area contributed by atoms with Gasteiger partial charge in [-0.25, -0.2) is 0 Å². The van der Waals surface area contributed by atoms with Gasteiger partial charge in [-0.05, 0) is 45.8 Å². The summed E-state index contributed by atoms with van der Waals surface area (Å²) in [4.78, 5) is 12.5. The summed E-state index contributed by atoms with van der Waals surface area (Å²) in [5.74, 6) is 0.814. The number of halogens is 1. The van der Waals surface area contributed by atoms with Crippen LogP contribution in [0.4, 0.5) is 5.69 Å². The van der Waals surface area contributed by atoms with Crippen molar-refractivity contribution < 1.29 is 19.0 Å². The molecule has 0 aliphatic rings. The number of methoxy groups -OCH3 is 3. The predicted octanol–water partition coefficient (Wildman–Crippen LogP) is 3.87. The van der Waals surface area contributed by atoms with Crippen molar-refractivity contribution in [1.29, 1.82) is 0 Å². The molecular weight excluding hydrogens is 362 g/mol. The molecule has 5 nitrogen and oxygen atoms in total. The number of benzene rings is 2. The molecular formula is C17H18BrNO4. The number of rotatable bonds is 6. The zero-order chi connectivity index (χ0) is 16.8. The molecule has 0 bridgehead atoms. The molecule has 0 atom stereocenters. The summed E-state index contributed by atoms with van der Waals surface area (Å²) in [6.07, 6.45) is 0. The van der Waals surface area contributed by atoms with Gasteiger partial charge in [0.1, 0.15) is 16.0 Å². The van der Waals surface area contributed by atoms with E-state index in [0.29, 0.717) is 33.8 Å². The van der Waals surface area contributed by atoms with Crippen LogP contribution in [0.3, 0.4) is 0 Å². The summed E-state index contributed by atoms with van der Waals surface area (Å²) in [6, 6.07) is 10.8. The molecule has 0 unspecified atom stereocenters. The Bertz CT molecular complexity index is 678. The molecule has 0 fully saturated rings. The molecule has 0 aliphatic heterocycles. The quantitative estimate of drug-likeness (QED) is 0.827. The zero-order valence-corrected chi connectivity index (χ0v) is 14.8. The smallest absolute Gasteiger partial charge is 0.255 e. The largest absolute Gasteiger partial charge is 0.495 e. The van der Waals surface area contributed by atoms with Crippen molar-refractivity contribution in [2.45, 2.75) is 6.61 Å². The van der Waals surface area contributed by atoms with Crippen LogP contribution in [0.1, 0.15) is 15.9 Å². The van der Waals surface area contributed by atoms with E-state index < -0.39 is 0 Å². The summed E-state index contributed by atoms with van der Waals surface area (Å²) >= 11 is 3.38. The van der Waals surface area contributed by atoms with Gasteiger partial charge in [-0.3, -0.25) is 4.79 Å². The van der Waals surface area contributed by atoms with Crippen LogP contribution in [0.25, 0.3) is 0 Å². The van der Waals surface area contributed by atoms with Crippen molar-refractivity contribution in [3.63, 3.8) is 0 Å². The number of nitrogens with one attached hydrogen (secondary N) is 1. The van der Waals surface area contributed by atoms with Gasteiger partial charge in [-0.2, -0.15) is 0 Å². The molecule has 1 amide bonds. The molecule has 2 aromatic carbocycles. The van der Waals surface area contributed by atoms with Gasteiger partial charge in [-0.15, -0.1) is 0 Å². The van der Waals surface area contributed by atoms with Crippen molar-refractivity contribution in [3.8, 4) is 11.5 Å². The first kappa shape index (κ1) is 17.3. The van der Waals surface area contributed by atoms with Crippen molar-refractivity contribution in [2.24, 2.45) is 0 Å². The summed E-state index contributed by atoms with van der Waals surface area (Å²) in [6.45, 7) is 0.490. The first-order valence-corrected chi connectivity index (χ1v) is 7.69. The lowest BCUT2D eigenvalue weighted by Crippen LogP contribution is -2.12. The number of hydrogen-bond acceptors (Lipinski definition) is 4. The van der Waals surface area contributed by atoms with Gasteiger partial charge >= 0.3 is 0 Å². The van der Waals surface area contributed by atoms with E-state index in [9.17, 15) is 4.79 Å². The number of carbonyl (C=O) groups excluding carboxylic acids is 1. The number of amides is 1. The molecule has 0 aromatic heterocycles. The van der Waals surface area contributed by atoms with Gasteiger partial charge in [0, 0.05) is 18.4 Å². The maximum atomic E-state index is 12.5. The topological polar surface area (TPSA) is 56.8 Å². The van der Waals surface area contributed by atoms with Crippen LogP contribution in [0.15, 0.2) is 40.9 Å². The highest BCUT2D eigenvalue weighted by molar-refractivity contribution is 9.10. The predicted molar refractivity (Wildman–Crippen MR) is 92.4 cm³/mol.